The number of carbonyl (C=O) groups excluding carboxylic acids is 2. The molecule has 0 aliphatic rings. The van der Waals surface area contributed by atoms with Crippen LogP contribution < -0.4 is 15.4 Å². The monoisotopic (exact) mass is 336 g/mol. The third-order valence-electron chi connectivity index (χ3n) is 3.31. The van der Waals surface area contributed by atoms with Gasteiger partial charge >= 0.3 is 0 Å². The third-order valence-corrected chi connectivity index (χ3v) is 3.31. The standard InChI is InChI=1S/C20H20N2O3/c1-3-4-13-18(22-19(23)15-9-6-5-7-10-15)20(24)21-16-11-8-12-17(14-16)25-2/h3-14H,1-2H3,(H,21,24)(H,22,23)/b4-3+,18-13-. The molecule has 2 rings (SSSR count). The molecule has 0 atom stereocenters. The molecule has 0 radical (unpaired) electrons. The molecule has 0 bridgehead atoms. The van der Waals surface area contributed by atoms with Crippen molar-refractivity contribution in [3.8, 4) is 5.75 Å². The van der Waals surface area contributed by atoms with Gasteiger partial charge in [0, 0.05) is 17.3 Å². The largest absolute Gasteiger partial charge is 0.497 e. The maximum Gasteiger partial charge on any atom is 0.272 e. The first-order chi connectivity index (χ1) is 12.1. The van der Waals surface area contributed by atoms with Crippen LogP contribution in [0.3, 0.4) is 0 Å². The maximum atomic E-state index is 12.5. The second-order valence-corrected chi connectivity index (χ2v) is 5.11. The van der Waals surface area contributed by atoms with Crippen molar-refractivity contribution in [3.05, 3.63) is 84.1 Å². The lowest BCUT2D eigenvalue weighted by molar-refractivity contribution is -0.113. The first kappa shape index (κ1) is 18.0. The molecule has 0 spiro atoms. The summed E-state index contributed by atoms with van der Waals surface area (Å²) in [5.74, 6) is -0.141. The number of ether oxygens (including phenoxy) is 1. The average Bonchev–Trinajstić information content (AvgIpc) is 2.65. The highest BCUT2D eigenvalue weighted by molar-refractivity contribution is 6.08. The Morgan fingerprint density at radius 1 is 1.04 bits per heavy atom. The molecule has 5 nitrogen and oxygen atoms in total. The van der Waals surface area contributed by atoms with Crippen LogP contribution in [0.4, 0.5) is 5.69 Å². The van der Waals surface area contributed by atoms with Crippen LogP contribution in [0.5, 0.6) is 5.75 Å². The Bertz CT molecular complexity index is 796. The lowest BCUT2D eigenvalue weighted by Gasteiger charge is -2.11. The van der Waals surface area contributed by atoms with E-state index in [9.17, 15) is 9.59 Å². The van der Waals surface area contributed by atoms with Crippen molar-refractivity contribution in [1.82, 2.24) is 5.32 Å². The van der Waals surface area contributed by atoms with Gasteiger partial charge in [0.2, 0.25) is 0 Å². The summed E-state index contributed by atoms with van der Waals surface area (Å²) in [7, 11) is 1.55. The van der Waals surface area contributed by atoms with Crippen molar-refractivity contribution in [2.24, 2.45) is 0 Å². The van der Waals surface area contributed by atoms with Gasteiger partial charge in [-0.15, -0.1) is 0 Å². The van der Waals surface area contributed by atoms with Gasteiger partial charge in [0.05, 0.1) is 7.11 Å². The van der Waals surface area contributed by atoms with E-state index in [4.69, 9.17) is 4.74 Å². The number of benzene rings is 2. The highest BCUT2D eigenvalue weighted by atomic mass is 16.5. The van der Waals surface area contributed by atoms with E-state index in [1.54, 1.807) is 73.9 Å². The van der Waals surface area contributed by atoms with E-state index in [0.717, 1.165) is 0 Å². The zero-order valence-corrected chi connectivity index (χ0v) is 14.2. The fourth-order valence-electron chi connectivity index (χ4n) is 2.05. The zero-order chi connectivity index (χ0) is 18.1. The summed E-state index contributed by atoms with van der Waals surface area (Å²) in [6.45, 7) is 1.83. The van der Waals surface area contributed by atoms with Crippen LogP contribution in [0.1, 0.15) is 17.3 Å². The second-order valence-electron chi connectivity index (χ2n) is 5.11. The molecule has 0 unspecified atom stereocenters. The number of hydrogen-bond donors (Lipinski definition) is 2. The Morgan fingerprint density at radius 3 is 2.48 bits per heavy atom. The van der Waals surface area contributed by atoms with E-state index in [0.29, 0.717) is 17.0 Å². The number of anilines is 1. The van der Waals surface area contributed by atoms with Crippen molar-refractivity contribution in [1.29, 1.82) is 0 Å². The maximum absolute atomic E-state index is 12.5. The van der Waals surface area contributed by atoms with E-state index in [2.05, 4.69) is 10.6 Å². The van der Waals surface area contributed by atoms with E-state index >= 15 is 0 Å². The van der Waals surface area contributed by atoms with E-state index in [-0.39, 0.29) is 11.6 Å². The Balaban J connectivity index is 2.16. The molecule has 0 saturated carbocycles. The van der Waals surface area contributed by atoms with Gasteiger partial charge in [0.15, 0.2) is 0 Å². The molecule has 25 heavy (non-hydrogen) atoms. The molecule has 0 saturated heterocycles. The van der Waals surface area contributed by atoms with Crippen molar-refractivity contribution < 1.29 is 14.3 Å². The van der Waals surface area contributed by atoms with Crippen molar-refractivity contribution in [2.75, 3.05) is 12.4 Å². The molecule has 5 heteroatoms. The first-order valence-corrected chi connectivity index (χ1v) is 7.79. The highest BCUT2D eigenvalue weighted by Gasteiger charge is 2.14. The minimum absolute atomic E-state index is 0.148. The number of methoxy groups -OCH3 is 1. The van der Waals surface area contributed by atoms with E-state index < -0.39 is 5.91 Å². The predicted molar refractivity (Wildman–Crippen MR) is 98.4 cm³/mol. The van der Waals surface area contributed by atoms with Gasteiger partial charge in [-0.05, 0) is 37.3 Å². The summed E-state index contributed by atoms with van der Waals surface area (Å²) in [5, 5.41) is 5.39. The quantitative estimate of drug-likeness (QED) is 0.626. The molecule has 0 heterocycles. The fraction of sp³-hybridized carbons (Fsp3) is 0.100. The molecule has 2 aromatic rings. The smallest absolute Gasteiger partial charge is 0.272 e. The molecular weight excluding hydrogens is 316 g/mol. The summed E-state index contributed by atoms with van der Waals surface area (Å²) in [6, 6.07) is 15.7. The number of amides is 2. The molecule has 0 aromatic heterocycles. The van der Waals surface area contributed by atoms with Gasteiger partial charge in [0.25, 0.3) is 11.8 Å². The number of nitrogens with one attached hydrogen (secondary N) is 2. The Kier molecular flexibility index (Phi) is 6.54. The number of carbonyl (C=O) groups is 2. The zero-order valence-electron chi connectivity index (χ0n) is 14.2. The first-order valence-electron chi connectivity index (χ1n) is 7.79. The third kappa shape index (κ3) is 5.35. The van der Waals surface area contributed by atoms with Gasteiger partial charge in [-0.1, -0.05) is 36.4 Å². The topological polar surface area (TPSA) is 67.4 Å². The van der Waals surface area contributed by atoms with Crippen LogP contribution >= 0.6 is 0 Å². The van der Waals surface area contributed by atoms with Crippen molar-refractivity contribution in [2.45, 2.75) is 6.92 Å². The van der Waals surface area contributed by atoms with Crippen molar-refractivity contribution in [3.63, 3.8) is 0 Å². The van der Waals surface area contributed by atoms with Crippen LogP contribution in [0, 0.1) is 0 Å². The average molecular weight is 336 g/mol. The Morgan fingerprint density at radius 2 is 1.80 bits per heavy atom. The lowest BCUT2D eigenvalue weighted by atomic mass is 10.2. The molecule has 2 aromatic carbocycles. The number of rotatable bonds is 6. The highest BCUT2D eigenvalue weighted by Crippen LogP contribution is 2.17. The lowest BCUT2D eigenvalue weighted by Crippen LogP contribution is -2.30. The minimum Gasteiger partial charge on any atom is -0.497 e. The van der Waals surface area contributed by atoms with Crippen LogP contribution in [0.2, 0.25) is 0 Å². The molecule has 128 valence electrons. The molecule has 0 aliphatic heterocycles. The summed E-state index contributed by atoms with van der Waals surface area (Å²) in [4.78, 5) is 24.8. The summed E-state index contributed by atoms with van der Waals surface area (Å²) in [6.07, 6.45) is 5.01. The van der Waals surface area contributed by atoms with Crippen LogP contribution in [0.15, 0.2) is 78.5 Å². The molecule has 0 aliphatic carbocycles. The number of hydrogen-bond acceptors (Lipinski definition) is 3. The van der Waals surface area contributed by atoms with Crippen LogP contribution in [-0.2, 0) is 4.79 Å². The molecule has 0 fully saturated rings. The molecule has 2 amide bonds. The van der Waals surface area contributed by atoms with E-state index in [1.807, 2.05) is 13.0 Å². The fourth-order valence-corrected chi connectivity index (χ4v) is 2.05. The summed E-state index contributed by atoms with van der Waals surface area (Å²) < 4.78 is 5.14. The van der Waals surface area contributed by atoms with E-state index in [1.165, 1.54) is 0 Å². The Labute approximate surface area is 147 Å². The Hall–Kier alpha value is -3.34. The van der Waals surface area contributed by atoms with Gasteiger partial charge in [-0.2, -0.15) is 0 Å². The van der Waals surface area contributed by atoms with Gasteiger partial charge in [0.1, 0.15) is 11.4 Å². The molecular formula is C20H20N2O3. The molecule has 2 N–H and O–H groups in total. The van der Waals surface area contributed by atoms with Gasteiger partial charge in [-0.3, -0.25) is 9.59 Å². The number of allylic oxidation sites excluding steroid dienone is 3. The second kappa shape index (κ2) is 9.08. The predicted octanol–water partition coefficient (Wildman–Crippen LogP) is 3.52. The summed E-state index contributed by atoms with van der Waals surface area (Å²) >= 11 is 0. The van der Waals surface area contributed by atoms with Crippen molar-refractivity contribution >= 4 is 17.5 Å². The van der Waals surface area contributed by atoms with Gasteiger partial charge < -0.3 is 15.4 Å². The van der Waals surface area contributed by atoms with Crippen LogP contribution in [-0.4, -0.2) is 18.9 Å². The normalized spacial score (nSPS) is 11.2. The SMILES string of the molecule is C/C=C/C=C(\NC(=O)c1ccccc1)C(=O)Nc1cccc(OC)c1. The van der Waals surface area contributed by atoms with Gasteiger partial charge in [-0.25, -0.2) is 0 Å². The summed E-state index contributed by atoms with van der Waals surface area (Å²) in [5.41, 5.74) is 1.20. The minimum atomic E-state index is -0.421. The van der Waals surface area contributed by atoms with Crippen LogP contribution in [0.25, 0.3) is 0 Å².